The van der Waals surface area contributed by atoms with Crippen LogP contribution in [0.4, 0.5) is 5.69 Å². The van der Waals surface area contributed by atoms with Gasteiger partial charge in [0, 0.05) is 6.54 Å². The van der Waals surface area contributed by atoms with E-state index in [1.165, 1.54) is 11.8 Å². The number of amides is 1. The molecule has 4 aromatic rings. The van der Waals surface area contributed by atoms with Gasteiger partial charge in [-0.3, -0.25) is 14.2 Å². The summed E-state index contributed by atoms with van der Waals surface area (Å²) in [6, 6.07) is 14.5. The van der Waals surface area contributed by atoms with Crippen LogP contribution in [0, 0.1) is 0 Å². The Labute approximate surface area is 200 Å². The number of benzene rings is 2. The number of ether oxygens (including phenoxy) is 1. The first-order valence-corrected chi connectivity index (χ1v) is 11.9. The highest BCUT2D eigenvalue weighted by molar-refractivity contribution is 7.98. The van der Waals surface area contributed by atoms with Crippen molar-refractivity contribution in [1.82, 2.24) is 19.7 Å². The van der Waals surface area contributed by atoms with Crippen LogP contribution in [0.1, 0.15) is 31.5 Å². The van der Waals surface area contributed by atoms with Crippen LogP contribution in [0.5, 0.6) is 5.75 Å². The SMILES string of the molecule is CCCCn1c(SCc2nc(CC(=O)Nc3ccccc3OC)no2)nc2ccccc2c1=O. The maximum atomic E-state index is 13.0. The summed E-state index contributed by atoms with van der Waals surface area (Å²) in [5.41, 5.74) is 1.17. The molecule has 0 spiro atoms. The molecule has 0 saturated heterocycles. The maximum Gasteiger partial charge on any atom is 0.262 e. The normalized spacial score (nSPS) is 11.0. The molecule has 0 aliphatic carbocycles. The second-order valence-corrected chi connectivity index (χ2v) is 8.48. The summed E-state index contributed by atoms with van der Waals surface area (Å²) in [5.74, 6) is 1.25. The van der Waals surface area contributed by atoms with Crippen LogP contribution >= 0.6 is 11.8 Å². The van der Waals surface area contributed by atoms with Crippen LogP contribution in [0.15, 0.2) is 63.0 Å². The maximum absolute atomic E-state index is 13.0. The van der Waals surface area contributed by atoms with Gasteiger partial charge >= 0.3 is 0 Å². The first-order valence-electron chi connectivity index (χ1n) is 11.0. The fourth-order valence-electron chi connectivity index (χ4n) is 3.40. The number of para-hydroxylation sites is 3. The summed E-state index contributed by atoms with van der Waals surface area (Å²) in [4.78, 5) is 34.4. The Morgan fingerprint density at radius 2 is 1.94 bits per heavy atom. The van der Waals surface area contributed by atoms with Crippen molar-refractivity contribution in [3.05, 3.63) is 70.6 Å². The van der Waals surface area contributed by atoms with Crippen LogP contribution in [0.2, 0.25) is 0 Å². The Kier molecular flexibility index (Phi) is 7.58. The van der Waals surface area contributed by atoms with Gasteiger partial charge < -0.3 is 14.6 Å². The van der Waals surface area contributed by atoms with E-state index >= 15 is 0 Å². The van der Waals surface area contributed by atoms with Crippen LogP contribution < -0.4 is 15.6 Å². The van der Waals surface area contributed by atoms with Crippen molar-refractivity contribution in [1.29, 1.82) is 0 Å². The average Bonchev–Trinajstić information content (AvgIpc) is 3.29. The van der Waals surface area contributed by atoms with Crippen molar-refractivity contribution in [2.45, 2.75) is 43.6 Å². The molecule has 2 aromatic heterocycles. The molecule has 0 radical (unpaired) electrons. The predicted molar refractivity (Wildman–Crippen MR) is 130 cm³/mol. The van der Waals surface area contributed by atoms with Crippen molar-refractivity contribution in [2.75, 3.05) is 12.4 Å². The van der Waals surface area contributed by atoms with Crippen LogP contribution in [0.25, 0.3) is 10.9 Å². The van der Waals surface area contributed by atoms with Gasteiger partial charge in [-0.2, -0.15) is 4.98 Å². The molecular formula is C24H25N5O4S. The van der Waals surface area contributed by atoms with Gasteiger partial charge in [-0.05, 0) is 30.7 Å². The van der Waals surface area contributed by atoms with E-state index in [0.29, 0.717) is 45.7 Å². The third kappa shape index (κ3) is 5.45. The molecule has 176 valence electrons. The molecule has 1 N–H and O–H groups in total. The number of aromatic nitrogens is 4. The van der Waals surface area contributed by atoms with Crippen molar-refractivity contribution >= 4 is 34.3 Å². The van der Waals surface area contributed by atoms with Crippen molar-refractivity contribution in [3.63, 3.8) is 0 Å². The van der Waals surface area contributed by atoms with E-state index < -0.39 is 0 Å². The zero-order valence-corrected chi connectivity index (χ0v) is 19.8. The van der Waals surface area contributed by atoms with E-state index in [0.717, 1.165) is 12.8 Å². The molecule has 0 atom stereocenters. The number of nitrogens with zero attached hydrogens (tertiary/aromatic N) is 4. The van der Waals surface area contributed by atoms with Gasteiger partial charge in [0.05, 0.1) is 35.9 Å². The lowest BCUT2D eigenvalue weighted by molar-refractivity contribution is -0.115. The van der Waals surface area contributed by atoms with Gasteiger partial charge in [0.15, 0.2) is 11.0 Å². The highest BCUT2D eigenvalue weighted by atomic mass is 32.2. The van der Waals surface area contributed by atoms with E-state index in [4.69, 9.17) is 9.26 Å². The lowest BCUT2D eigenvalue weighted by Crippen LogP contribution is -2.23. The molecule has 0 fully saturated rings. The summed E-state index contributed by atoms with van der Waals surface area (Å²) in [5, 5.41) is 7.90. The molecule has 0 aliphatic heterocycles. The van der Waals surface area contributed by atoms with Crippen LogP contribution in [-0.4, -0.2) is 32.7 Å². The van der Waals surface area contributed by atoms with E-state index in [9.17, 15) is 9.59 Å². The standard InChI is InChI=1S/C24H25N5O4S/c1-3-4-13-29-23(31)16-9-5-6-10-17(16)26-24(29)34-15-22-27-20(28-33-22)14-21(30)25-18-11-7-8-12-19(18)32-2/h5-12H,3-4,13-15H2,1-2H3,(H,25,30). The van der Waals surface area contributed by atoms with E-state index in [1.807, 2.05) is 30.3 Å². The molecule has 34 heavy (non-hydrogen) atoms. The first-order chi connectivity index (χ1) is 16.6. The first kappa shape index (κ1) is 23.5. The number of thioether (sulfide) groups is 1. The number of carbonyl (C=O) groups is 1. The highest BCUT2D eigenvalue weighted by Gasteiger charge is 2.16. The van der Waals surface area contributed by atoms with E-state index in [1.54, 1.807) is 29.9 Å². The zero-order chi connectivity index (χ0) is 23.9. The number of methoxy groups -OCH3 is 1. The number of nitrogens with one attached hydrogen (secondary N) is 1. The number of carbonyl (C=O) groups excluding carboxylic acids is 1. The summed E-state index contributed by atoms with van der Waals surface area (Å²) >= 11 is 1.36. The van der Waals surface area contributed by atoms with E-state index in [2.05, 4.69) is 27.4 Å². The minimum atomic E-state index is -0.283. The van der Waals surface area contributed by atoms with Gasteiger partial charge in [-0.1, -0.05) is 54.5 Å². The Morgan fingerprint density at radius 3 is 2.76 bits per heavy atom. The number of anilines is 1. The quantitative estimate of drug-likeness (QED) is 0.268. The Balaban J connectivity index is 1.44. The molecule has 1 amide bonds. The number of hydrogen-bond acceptors (Lipinski definition) is 8. The van der Waals surface area contributed by atoms with E-state index in [-0.39, 0.29) is 23.7 Å². The molecule has 4 rings (SSSR count). The number of hydrogen-bond donors (Lipinski definition) is 1. The van der Waals surface area contributed by atoms with Crippen molar-refractivity contribution in [2.24, 2.45) is 0 Å². The smallest absolute Gasteiger partial charge is 0.262 e. The molecule has 0 aliphatic rings. The number of fused-ring (bicyclic) bond motifs is 1. The molecule has 10 heteroatoms. The molecular weight excluding hydrogens is 454 g/mol. The van der Waals surface area contributed by atoms with Crippen molar-refractivity contribution in [3.8, 4) is 5.75 Å². The topological polar surface area (TPSA) is 112 Å². The summed E-state index contributed by atoms with van der Waals surface area (Å²) in [7, 11) is 1.54. The number of rotatable bonds is 10. The molecule has 2 aromatic carbocycles. The molecule has 0 bridgehead atoms. The predicted octanol–water partition coefficient (Wildman–Crippen LogP) is 4.06. The zero-order valence-electron chi connectivity index (χ0n) is 19.0. The lowest BCUT2D eigenvalue weighted by Gasteiger charge is -2.12. The summed E-state index contributed by atoms with van der Waals surface area (Å²) < 4.78 is 12.3. The fourth-order valence-corrected chi connectivity index (χ4v) is 4.27. The third-order valence-electron chi connectivity index (χ3n) is 5.10. The molecule has 2 heterocycles. The van der Waals surface area contributed by atoms with Gasteiger partial charge in [0.1, 0.15) is 5.75 Å². The second-order valence-electron chi connectivity index (χ2n) is 7.54. The monoisotopic (exact) mass is 479 g/mol. The minimum Gasteiger partial charge on any atom is -0.495 e. The van der Waals surface area contributed by atoms with Gasteiger partial charge in [0.25, 0.3) is 5.56 Å². The summed E-state index contributed by atoms with van der Waals surface area (Å²) in [6.07, 6.45) is 1.80. The second kappa shape index (κ2) is 11.0. The lowest BCUT2D eigenvalue weighted by atomic mass is 10.2. The molecule has 0 saturated carbocycles. The number of unbranched alkanes of at least 4 members (excludes halogenated alkanes) is 1. The minimum absolute atomic E-state index is 0.0400. The largest absolute Gasteiger partial charge is 0.495 e. The van der Waals surface area contributed by atoms with Gasteiger partial charge in [-0.25, -0.2) is 4.98 Å². The van der Waals surface area contributed by atoms with Gasteiger partial charge in [-0.15, -0.1) is 0 Å². The average molecular weight is 480 g/mol. The van der Waals surface area contributed by atoms with Crippen LogP contribution in [0.3, 0.4) is 0 Å². The highest BCUT2D eigenvalue weighted by Crippen LogP contribution is 2.24. The fraction of sp³-hybridized carbons (Fsp3) is 0.292. The molecule has 0 unspecified atom stereocenters. The Bertz CT molecular complexity index is 1350. The van der Waals surface area contributed by atoms with Gasteiger partial charge in [0.2, 0.25) is 11.8 Å². The third-order valence-corrected chi connectivity index (χ3v) is 6.06. The molecule has 9 nitrogen and oxygen atoms in total. The Morgan fingerprint density at radius 1 is 1.15 bits per heavy atom. The van der Waals surface area contributed by atoms with Crippen LogP contribution in [-0.2, 0) is 23.5 Å². The van der Waals surface area contributed by atoms with Crippen molar-refractivity contribution < 1.29 is 14.1 Å². The Hall–Kier alpha value is -3.66. The summed E-state index contributed by atoms with van der Waals surface area (Å²) in [6.45, 7) is 2.67.